The highest BCUT2D eigenvalue weighted by Crippen LogP contribution is 2.19. The molecule has 1 aromatic carbocycles. The minimum Gasteiger partial charge on any atom is -0.323 e. The van der Waals surface area contributed by atoms with Crippen LogP contribution in [-0.2, 0) is 6.42 Å². The zero-order valence-electron chi connectivity index (χ0n) is 9.39. The molecule has 0 amide bonds. The van der Waals surface area contributed by atoms with Gasteiger partial charge in [-0.2, -0.15) is 0 Å². The van der Waals surface area contributed by atoms with Crippen LogP contribution in [0.15, 0.2) is 29.6 Å². The van der Waals surface area contributed by atoms with Crippen LogP contribution in [0.3, 0.4) is 0 Å². The largest absolute Gasteiger partial charge is 0.323 e. The molecular formula is C12H14ClFN2S. The number of nitrogens with two attached hydrogens (primary N) is 1. The summed E-state index contributed by atoms with van der Waals surface area (Å²) in [5.74, 6) is -0.181. The van der Waals surface area contributed by atoms with Crippen molar-refractivity contribution in [1.82, 2.24) is 4.98 Å². The molecular weight excluding hydrogens is 259 g/mol. The summed E-state index contributed by atoms with van der Waals surface area (Å²) in [5, 5.41) is 2.83. The minimum absolute atomic E-state index is 0. The van der Waals surface area contributed by atoms with E-state index < -0.39 is 0 Å². The van der Waals surface area contributed by atoms with Gasteiger partial charge < -0.3 is 5.73 Å². The third-order valence-corrected chi connectivity index (χ3v) is 3.20. The zero-order valence-corrected chi connectivity index (χ0v) is 11.0. The summed E-state index contributed by atoms with van der Waals surface area (Å²) in [5.41, 5.74) is 7.27. The molecule has 2 aromatic rings. The van der Waals surface area contributed by atoms with Crippen LogP contribution in [0.25, 0.3) is 0 Å². The van der Waals surface area contributed by atoms with Crippen LogP contribution in [-0.4, -0.2) is 4.98 Å². The molecule has 1 aromatic heterocycles. The molecule has 0 aliphatic rings. The monoisotopic (exact) mass is 272 g/mol. The van der Waals surface area contributed by atoms with Gasteiger partial charge >= 0.3 is 0 Å². The van der Waals surface area contributed by atoms with Crippen LogP contribution >= 0.6 is 23.7 Å². The van der Waals surface area contributed by atoms with Crippen LogP contribution in [0.4, 0.5) is 4.39 Å². The second-order valence-corrected chi connectivity index (χ2v) is 4.67. The van der Waals surface area contributed by atoms with Gasteiger partial charge in [-0.05, 0) is 18.6 Å². The number of nitrogens with zero attached hydrogens (tertiary/aromatic N) is 1. The van der Waals surface area contributed by atoms with Crippen molar-refractivity contribution in [3.63, 3.8) is 0 Å². The van der Waals surface area contributed by atoms with Gasteiger partial charge in [0.15, 0.2) is 0 Å². The lowest BCUT2D eigenvalue weighted by Crippen LogP contribution is -2.05. The maximum Gasteiger partial charge on any atom is 0.126 e. The molecule has 0 saturated heterocycles. The van der Waals surface area contributed by atoms with Gasteiger partial charge in [0.05, 0.1) is 10.7 Å². The van der Waals surface area contributed by atoms with E-state index in [2.05, 4.69) is 4.98 Å². The molecule has 2 rings (SSSR count). The molecule has 0 radical (unpaired) electrons. The molecule has 1 unspecified atom stereocenters. The summed E-state index contributed by atoms with van der Waals surface area (Å²) in [7, 11) is 0. The van der Waals surface area contributed by atoms with Gasteiger partial charge in [-0.1, -0.05) is 18.2 Å². The third kappa shape index (κ3) is 3.49. The molecule has 0 aliphatic carbocycles. The molecule has 2 nitrogen and oxygen atoms in total. The van der Waals surface area contributed by atoms with Crippen molar-refractivity contribution in [2.75, 3.05) is 0 Å². The Morgan fingerprint density at radius 2 is 2.12 bits per heavy atom. The first-order chi connectivity index (χ1) is 7.66. The molecule has 17 heavy (non-hydrogen) atoms. The Morgan fingerprint density at radius 1 is 1.41 bits per heavy atom. The van der Waals surface area contributed by atoms with E-state index in [1.807, 2.05) is 18.4 Å². The quantitative estimate of drug-likeness (QED) is 0.931. The fourth-order valence-electron chi connectivity index (χ4n) is 1.42. The number of hydrogen-bond acceptors (Lipinski definition) is 3. The van der Waals surface area contributed by atoms with Gasteiger partial charge in [-0.15, -0.1) is 23.7 Å². The Hall–Kier alpha value is -0.970. The van der Waals surface area contributed by atoms with Gasteiger partial charge in [-0.25, -0.2) is 9.37 Å². The van der Waals surface area contributed by atoms with E-state index in [9.17, 15) is 4.39 Å². The summed E-state index contributed by atoms with van der Waals surface area (Å²) in [4.78, 5) is 4.37. The molecule has 0 spiro atoms. The maximum atomic E-state index is 13.4. The van der Waals surface area contributed by atoms with Crippen molar-refractivity contribution in [3.8, 4) is 0 Å². The Labute approximate surface area is 110 Å². The lowest BCUT2D eigenvalue weighted by atomic mass is 10.1. The Kier molecular flexibility index (Phi) is 5.05. The van der Waals surface area contributed by atoms with Crippen LogP contribution in [0.2, 0.25) is 0 Å². The lowest BCUT2D eigenvalue weighted by molar-refractivity contribution is 0.613. The average Bonchev–Trinajstić information content (AvgIpc) is 2.70. The summed E-state index contributed by atoms with van der Waals surface area (Å²) >= 11 is 1.52. The summed E-state index contributed by atoms with van der Waals surface area (Å²) in [6.07, 6.45) is 0.532. The van der Waals surface area contributed by atoms with E-state index in [1.54, 1.807) is 12.1 Å². The van der Waals surface area contributed by atoms with E-state index in [-0.39, 0.29) is 24.3 Å². The van der Waals surface area contributed by atoms with E-state index >= 15 is 0 Å². The number of benzene rings is 1. The molecule has 0 bridgehead atoms. The lowest BCUT2D eigenvalue weighted by Gasteiger charge is -2.00. The fourth-order valence-corrected chi connectivity index (χ4v) is 2.34. The standard InChI is InChI=1S/C12H13FN2S.ClH/c1-8(14)11-7-16-12(15-11)6-9-4-2-3-5-10(9)13;/h2-5,7-8H,6,14H2,1H3;1H. The van der Waals surface area contributed by atoms with Crippen molar-refractivity contribution < 1.29 is 4.39 Å². The highest BCUT2D eigenvalue weighted by molar-refractivity contribution is 7.09. The van der Waals surface area contributed by atoms with Crippen molar-refractivity contribution in [1.29, 1.82) is 0 Å². The van der Waals surface area contributed by atoms with Gasteiger partial charge in [0, 0.05) is 17.8 Å². The Balaban J connectivity index is 0.00000144. The smallest absolute Gasteiger partial charge is 0.126 e. The topological polar surface area (TPSA) is 38.9 Å². The van der Waals surface area contributed by atoms with Gasteiger partial charge in [0.1, 0.15) is 5.82 Å². The number of hydrogen-bond donors (Lipinski definition) is 1. The molecule has 0 fully saturated rings. The van der Waals surface area contributed by atoms with E-state index in [0.717, 1.165) is 10.7 Å². The maximum absolute atomic E-state index is 13.4. The minimum atomic E-state index is -0.181. The van der Waals surface area contributed by atoms with Crippen molar-refractivity contribution in [2.24, 2.45) is 5.73 Å². The molecule has 1 heterocycles. The predicted octanol–water partition coefficient (Wildman–Crippen LogP) is 3.31. The number of rotatable bonds is 3. The first-order valence-electron chi connectivity index (χ1n) is 5.10. The second kappa shape index (κ2) is 6.10. The number of thiazole rings is 1. The van der Waals surface area contributed by atoms with Crippen LogP contribution < -0.4 is 5.73 Å². The Morgan fingerprint density at radius 3 is 2.71 bits per heavy atom. The van der Waals surface area contributed by atoms with Crippen molar-refractivity contribution >= 4 is 23.7 Å². The highest BCUT2D eigenvalue weighted by Gasteiger charge is 2.08. The molecule has 1 atom stereocenters. The van der Waals surface area contributed by atoms with E-state index in [1.165, 1.54) is 17.4 Å². The molecule has 2 N–H and O–H groups in total. The molecule has 5 heteroatoms. The normalized spacial score (nSPS) is 11.9. The van der Waals surface area contributed by atoms with Gasteiger partial charge in [0.2, 0.25) is 0 Å². The van der Waals surface area contributed by atoms with Crippen LogP contribution in [0.1, 0.15) is 29.2 Å². The van der Waals surface area contributed by atoms with E-state index in [4.69, 9.17) is 5.73 Å². The van der Waals surface area contributed by atoms with Crippen LogP contribution in [0.5, 0.6) is 0 Å². The predicted molar refractivity (Wildman–Crippen MR) is 71.2 cm³/mol. The van der Waals surface area contributed by atoms with Gasteiger partial charge in [0.25, 0.3) is 0 Å². The zero-order chi connectivity index (χ0) is 11.5. The molecule has 0 saturated carbocycles. The van der Waals surface area contributed by atoms with Crippen LogP contribution in [0, 0.1) is 5.82 Å². The highest BCUT2D eigenvalue weighted by atomic mass is 35.5. The Bertz CT molecular complexity index is 485. The number of halogens is 2. The van der Waals surface area contributed by atoms with Gasteiger partial charge in [-0.3, -0.25) is 0 Å². The second-order valence-electron chi connectivity index (χ2n) is 3.72. The first-order valence-corrected chi connectivity index (χ1v) is 5.98. The first kappa shape index (κ1) is 14.1. The average molecular weight is 273 g/mol. The summed E-state index contributed by atoms with van der Waals surface area (Å²) in [6.45, 7) is 1.89. The number of aromatic nitrogens is 1. The summed E-state index contributed by atoms with van der Waals surface area (Å²) < 4.78 is 13.4. The van der Waals surface area contributed by atoms with E-state index in [0.29, 0.717) is 12.0 Å². The van der Waals surface area contributed by atoms with Crippen molar-refractivity contribution in [2.45, 2.75) is 19.4 Å². The van der Waals surface area contributed by atoms with Crippen molar-refractivity contribution in [3.05, 3.63) is 51.7 Å². The SMILES string of the molecule is CC(N)c1csc(Cc2ccccc2F)n1.Cl. The summed E-state index contributed by atoms with van der Waals surface area (Å²) in [6, 6.07) is 6.70. The third-order valence-electron chi connectivity index (χ3n) is 2.34. The fraction of sp³-hybridized carbons (Fsp3) is 0.250. The molecule has 92 valence electrons. The molecule has 0 aliphatic heterocycles.